The number of nitrogens with zero attached hydrogens (tertiary/aromatic N) is 3. The molecule has 4 nitrogen and oxygen atoms in total. The highest BCUT2D eigenvalue weighted by atomic mass is 35.5. The van der Waals surface area contributed by atoms with Crippen molar-refractivity contribution in [1.82, 2.24) is 9.97 Å². The molecular weight excluding hydrogens is 250 g/mol. The van der Waals surface area contributed by atoms with Gasteiger partial charge in [-0.25, -0.2) is 9.97 Å². The third kappa shape index (κ3) is 2.08. The highest BCUT2D eigenvalue weighted by Gasteiger charge is 2.35. The predicted molar refractivity (Wildman–Crippen MR) is 71.3 cm³/mol. The summed E-state index contributed by atoms with van der Waals surface area (Å²) in [5.41, 5.74) is 0.982. The lowest BCUT2D eigenvalue weighted by atomic mass is 10.2. The van der Waals surface area contributed by atoms with Gasteiger partial charge in [0.1, 0.15) is 16.8 Å². The molecule has 2 aliphatic heterocycles. The number of aromatic nitrogens is 2. The van der Waals surface area contributed by atoms with Crippen molar-refractivity contribution in [1.29, 1.82) is 0 Å². The van der Waals surface area contributed by atoms with E-state index in [0.717, 1.165) is 36.7 Å². The second-order valence-corrected chi connectivity index (χ2v) is 5.45. The Kier molecular flexibility index (Phi) is 3.16. The highest BCUT2D eigenvalue weighted by molar-refractivity contribution is 6.30. The van der Waals surface area contributed by atoms with E-state index in [9.17, 15) is 0 Å². The summed E-state index contributed by atoms with van der Waals surface area (Å²) in [5.74, 6) is 1.81. The summed E-state index contributed by atoms with van der Waals surface area (Å²) in [6.45, 7) is 5.89. The topological polar surface area (TPSA) is 38.2 Å². The first-order valence-corrected chi connectivity index (χ1v) is 6.98. The molecule has 2 aliphatic rings. The zero-order chi connectivity index (χ0) is 12.7. The maximum atomic E-state index is 6.20. The van der Waals surface area contributed by atoms with E-state index < -0.39 is 0 Å². The van der Waals surface area contributed by atoms with Gasteiger partial charge in [-0.3, -0.25) is 0 Å². The van der Waals surface area contributed by atoms with Crippen molar-refractivity contribution in [2.75, 3.05) is 18.0 Å². The van der Waals surface area contributed by atoms with E-state index >= 15 is 0 Å². The van der Waals surface area contributed by atoms with E-state index in [-0.39, 0.29) is 0 Å². The molecule has 0 radical (unpaired) electrons. The van der Waals surface area contributed by atoms with Gasteiger partial charge in [0, 0.05) is 25.1 Å². The number of anilines is 1. The van der Waals surface area contributed by atoms with E-state index in [4.69, 9.17) is 16.3 Å². The van der Waals surface area contributed by atoms with Gasteiger partial charge >= 0.3 is 0 Å². The monoisotopic (exact) mass is 267 g/mol. The van der Waals surface area contributed by atoms with Crippen molar-refractivity contribution in [3.63, 3.8) is 0 Å². The van der Waals surface area contributed by atoms with Crippen molar-refractivity contribution in [2.45, 2.75) is 45.3 Å². The summed E-state index contributed by atoms with van der Waals surface area (Å²) in [4.78, 5) is 11.3. The Labute approximate surface area is 112 Å². The largest absolute Gasteiger partial charge is 0.371 e. The van der Waals surface area contributed by atoms with E-state index in [1.165, 1.54) is 12.8 Å². The molecule has 0 spiro atoms. The Morgan fingerprint density at radius 2 is 1.94 bits per heavy atom. The lowest BCUT2D eigenvalue weighted by Crippen LogP contribution is -2.43. The molecule has 0 amide bonds. The quantitative estimate of drug-likeness (QED) is 0.771. The Hall–Kier alpha value is -0.870. The third-order valence-corrected chi connectivity index (χ3v) is 4.13. The maximum Gasteiger partial charge on any atom is 0.137 e. The zero-order valence-electron chi connectivity index (χ0n) is 10.8. The van der Waals surface area contributed by atoms with Crippen molar-refractivity contribution in [3.8, 4) is 0 Å². The fourth-order valence-electron chi connectivity index (χ4n) is 2.77. The Morgan fingerprint density at radius 1 is 1.28 bits per heavy atom. The summed E-state index contributed by atoms with van der Waals surface area (Å²) in [6.07, 6.45) is 3.87. The molecule has 0 saturated carbocycles. The predicted octanol–water partition coefficient (Wildman–Crippen LogP) is 2.37. The van der Waals surface area contributed by atoms with Crippen molar-refractivity contribution in [3.05, 3.63) is 16.5 Å². The molecular formula is C13H18ClN3O. The van der Waals surface area contributed by atoms with Crippen LogP contribution < -0.4 is 4.90 Å². The number of rotatable bonds is 2. The van der Waals surface area contributed by atoms with E-state index in [0.29, 0.717) is 17.4 Å². The van der Waals surface area contributed by atoms with Crippen molar-refractivity contribution in [2.24, 2.45) is 0 Å². The average molecular weight is 268 g/mol. The molecule has 2 fully saturated rings. The Morgan fingerprint density at radius 3 is 2.56 bits per heavy atom. The van der Waals surface area contributed by atoms with Crippen LogP contribution in [0.1, 0.15) is 31.2 Å². The molecule has 5 heteroatoms. The first-order chi connectivity index (χ1) is 8.67. The summed E-state index contributed by atoms with van der Waals surface area (Å²) < 4.78 is 5.86. The van der Waals surface area contributed by atoms with E-state index in [1.54, 1.807) is 0 Å². The van der Waals surface area contributed by atoms with Crippen LogP contribution in [-0.2, 0) is 11.2 Å². The molecule has 2 atom stereocenters. The lowest BCUT2D eigenvalue weighted by Gasteiger charge is -2.34. The minimum Gasteiger partial charge on any atom is -0.371 e. The minimum atomic E-state index is 0.363. The molecule has 1 aromatic heterocycles. The van der Waals surface area contributed by atoms with Crippen LogP contribution in [0.3, 0.4) is 0 Å². The van der Waals surface area contributed by atoms with Gasteiger partial charge in [-0.2, -0.15) is 0 Å². The van der Waals surface area contributed by atoms with Crippen LogP contribution >= 0.6 is 11.6 Å². The first-order valence-electron chi connectivity index (χ1n) is 6.60. The molecule has 2 saturated heterocycles. The molecule has 0 aliphatic carbocycles. The first kappa shape index (κ1) is 12.2. The number of hydrogen-bond acceptors (Lipinski definition) is 4. The third-order valence-electron chi connectivity index (χ3n) is 3.77. The van der Waals surface area contributed by atoms with Crippen LogP contribution in [-0.4, -0.2) is 35.3 Å². The lowest BCUT2D eigenvalue weighted by molar-refractivity contribution is 0.0301. The highest BCUT2D eigenvalue weighted by Crippen LogP contribution is 2.31. The van der Waals surface area contributed by atoms with Crippen molar-refractivity contribution >= 4 is 17.4 Å². The molecule has 2 unspecified atom stereocenters. The Bertz CT molecular complexity index is 454. The van der Waals surface area contributed by atoms with Gasteiger partial charge in [0.25, 0.3) is 0 Å². The molecule has 98 valence electrons. The number of ether oxygens (including phenoxy) is 1. The molecule has 3 rings (SSSR count). The minimum absolute atomic E-state index is 0.363. The fourth-order valence-corrected chi connectivity index (χ4v) is 2.96. The summed E-state index contributed by atoms with van der Waals surface area (Å²) in [6, 6.07) is 0. The number of aryl methyl sites for hydroxylation is 1. The molecule has 3 heterocycles. The van der Waals surface area contributed by atoms with Gasteiger partial charge in [0.2, 0.25) is 0 Å². The standard InChI is InChI=1S/C13H18ClN3O/c1-3-11-15-12(14)8(2)13(16-11)17-6-9-4-5-10(7-17)18-9/h9-10H,3-7H2,1-2H3. The SMILES string of the molecule is CCc1nc(Cl)c(C)c(N2CC3CCC(C2)O3)n1. The van der Waals surface area contributed by atoms with Crippen LogP contribution in [0.4, 0.5) is 5.82 Å². The van der Waals surface area contributed by atoms with Crippen LogP contribution in [0.15, 0.2) is 0 Å². The summed E-state index contributed by atoms with van der Waals surface area (Å²) >= 11 is 6.20. The number of morpholine rings is 1. The maximum absolute atomic E-state index is 6.20. The Balaban J connectivity index is 1.93. The van der Waals surface area contributed by atoms with Gasteiger partial charge in [-0.05, 0) is 19.8 Å². The zero-order valence-corrected chi connectivity index (χ0v) is 11.6. The second kappa shape index (κ2) is 4.67. The van der Waals surface area contributed by atoms with E-state index in [1.807, 2.05) is 13.8 Å². The fraction of sp³-hybridized carbons (Fsp3) is 0.692. The molecule has 2 bridgehead atoms. The van der Waals surface area contributed by atoms with Crippen LogP contribution in [0.25, 0.3) is 0 Å². The normalized spacial score (nSPS) is 26.7. The number of halogens is 1. The average Bonchev–Trinajstić information content (AvgIpc) is 2.71. The second-order valence-electron chi connectivity index (χ2n) is 5.10. The molecule has 18 heavy (non-hydrogen) atoms. The van der Waals surface area contributed by atoms with Gasteiger partial charge < -0.3 is 9.64 Å². The van der Waals surface area contributed by atoms with Crippen LogP contribution in [0.2, 0.25) is 5.15 Å². The van der Waals surface area contributed by atoms with Gasteiger partial charge in [-0.1, -0.05) is 18.5 Å². The smallest absolute Gasteiger partial charge is 0.137 e. The number of fused-ring (bicyclic) bond motifs is 2. The summed E-state index contributed by atoms with van der Waals surface area (Å²) in [5, 5.41) is 0.579. The van der Waals surface area contributed by atoms with Gasteiger partial charge in [0.15, 0.2) is 0 Å². The molecule has 0 N–H and O–H groups in total. The number of hydrogen-bond donors (Lipinski definition) is 0. The van der Waals surface area contributed by atoms with E-state index in [2.05, 4.69) is 14.9 Å². The summed E-state index contributed by atoms with van der Waals surface area (Å²) in [7, 11) is 0. The van der Waals surface area contributed by atoms with Crippen LogP contribution in [0, 0.1) is 6.92 Å². The van der Waals surface area contributed by atoms with Gasteiger partial charge in [0.05, 0.1) is 12.2 Å². The van der Waals surface area contributed by atoms with Crippen LogP contribution in [0.5, 0.6) is 0 Å². The molecule has 0 aromatic carbocycles. The molecule has 1 aromatic rings. The van der Waals surface area contributed by atoms with Gasteiger partial charge in [-0.15, -0.1) is 0 Å². The van der Waals surface area contributed by atoms with Crippen molar-refractivity contribution < 1.29 is 4.74 Å².